The van der Waals surface area contributed by atoms with Crippen LogP contribution in [-0.2, 0) is 4.79 Å². The fraction of sp³-hybridized carbons (Fsp3) is 0.130. The number of fused-ring (bicyclic) bond motifs is 1. The van der Waals surface area contributed by atoms with Crippen LogP contribution in [0.3, 0.4) is 0 Å². The normalized spacial score (nSPS) is 11.8. The Bertz CT molecular complexity index is 1330. The maximum atomic E-state index is 14.4. The molecule has 32 heavy (non-hydrogen) atoms. The highest BCUT2D eigenvalue weighted by molar-refractivity contribution is 5.99. The summed E-state index contributed by atoms with van der Waals surface area (Å²) >= 11 is 0. The van der Waals surface area contributed by atoms with Crippen LogP contribution in [0.1, 0.15) is 18.5 Å². The van der Waals surface area contributed by atoms with Gasteiger partial charge in [-0.2, -0.15) is 5.10 Å². The molecule has 0 saturated heterocycles. The van der Waals surface area contributed by atoms with Crippen molar-refractivity contribution in [3.63, 3.8) is 0 Å². The highest BCUT2D eigenvalue weighted by Crippen LogP contribution is 2.34. The highest BCUT2D eigenvalue weighted by atomic mass is 19.1. The Kier molecular flexibility index (Phi) is 5.55. The summed E-state index contributed by atoms with van der Waals surface area (Å²) < 4.78 is 21.1. The van der Waals surface area contributed by atoms with Crippen LogP contribution in [-0.4, -0.2) is 32.8 Å². The van der Waals surface area contributed by atoms with Crippen molar-refractivity contribution in [2.75, 3.05) is 18.2 Å². The minimum atomic E-state index is -0.512. The molecule has 0 aliphatic rings. The van der Waals surface area contributed by atoms with Crippen LogP contribution >= 0.6 is 0 Å². The minimum Gasteiger partial charge on any atom is -0.494 e. The van der Waals surface area contributed by atoms with Crippen LogP contribution in [0, 0.1) is 5.82 Å². The van der Waals surface area contributed by atoms with E-state index in [4.69, 9.17) is 15.6 Å². The summed E-state index contributed by atoms with van der Waals surface area (Å²) in [7, 11) is 1.40. The smallest absolute Gasteiger partial charge is 0.247 e. The number of amides is 1. The number of nitrogens with one attached hydrogen (secondary N) is 1. The Hall–Kier alpha value is -4.27. The quantitative estimate of drug-likeness (QED) is 0.447. The molecule has 0 bridgehead atoms. The van der Waals surface area contributed by atoms with Gasteiger partial charge < -0.3 is 15.8 Å². The van der Waals surface area contributed by atoms with Crippen molar-refractivity contribution in [2.24, 2.45) is 0 Å². The molecule has 2 heterocycles. The number of carbonyl (C=O) groups excluding carboxylic acids is 1. The maximum Gasteiger partial charge on any atom is 0.247 e. The fourth-order valence-electron chi connectivity index (χ4n) is 3.49. The number of methoxy groups -OCH3 is 1. The second-order valence-corrected chi connectivity index (χ2v) is 7.09. The van der Waals surface area contributed by atoms with Gasteiger partial charge in [-0.15, -0.1) is 0 Å². The zero-order chi connectivity index (χ0) is 22.8. The van der Waals surface area contributed by atoms with E-state index in [1.165, 1.54) is 31.6 Å². The SMILES string of the molecule is C=CC(=O)Nc1cccc(C(C)n2nc(-c3ccc(OC)c(F)c3)c3c(N)ncnc32)c1. The number of carbonyl (C=O) groups is 1. The third-order valence-corrected chi connectivity index (χ3v) is 5.13. The first-order valence-electron chi connectivity index (χ1n) is 9.79. The Balaban J connectivity index is 1.83. The summed E-state index contributed by atoms with van der Waals surface area (Å²) in [6.07, 6.45) is 2.57. The Morgan fingerprint density at radius 2 is 2.09 bits per heavy atom. The molecule has 1 unspecified atom stereocenters. The molecule has 1 amide bonds. The number of nitrogen functional groups attached to an aromatic ring is 1. The number of benzene rings is 2. The van der Waals surface area contributed by atoms with E-state index in [2.05, 4.69) is 21.9 Å². The van der Waals surface area contributed by atoms with Crippen LogP contribution in [0.5, 0.6) is 5.75 Å². The first-order valence-corrected chi connectivity index (χ1v) is 9.79. The molecule has 162 valence electrons. The van der Waals surface area contributed by atoms with Gasteiger partial charge in [0.1, 0.15) is 17.8 Å². The topological polar surface area (TPSA) is 108 Å². The first kappa shape index (κ1) is 21.0. The first-order chi connectivity index (χ1) is 15.4. The van der Waals surface area contributed by atoms with E-state index in [9.17, 15) is 9.18 Å². The summed E-state index contributed by atoms with van der Waals surface area (Å²) in [5.41, 5.74) is 9.15. The van der Waals surface area contributed by atoms with Crippen LogP contribution in [0.25, 0.3) is 22.3 Å². The van der Waals surface area contributed by atoms with Crippen molar-refractivity contribution in [3.05, 3.63) is 72.8 Å². The number of hydrogen-bond donors (Lipinski definition) is 2. The third kappa shape index (κ3) is 3.76. The number of nitrogens with two attached hydrogens (primary N) is 1. The van der Waals surface area contributed by atoms with Gasteiger partial charge in [-0.05, 0) is 48.9 Å². The number of nitrogens with zero attached hydrogens (tertiary/aromatic N) is 4. The Morgan fingerprint density at radius 1 is 1.28 bits per heavy atom. The molecule has 0 radical (unpaired) electrons. The van der Waals surface area contributed by atoms with Crippen molar-refractivity contribution in [2.45, 2.75) is 13.0 Å². The number of aromatic nitrogens is 4. The fourth-order valence-corrected chi connectivity index (χ4v) is 3.49. The number of ether oxygens (including phenoxy) is 1. The lowest BCUT2D eigenvalue weighted by Crippen LogP contribution is -2.11. The summed E-state index contributed by atoms with van der Waals surface area (Å²) in [5.74, 6) is -0.439. The van der Waals surface area contributed by atoms with E-state index < -0.39 is 5.82 Å². The molecule has 0 aliphatic heterocycles. The van der Waals surface area contributed by atoms with Gasteiger partial charge in [0.15, 0.2) is 17.2 Å². The van der Waals surface area contributed by atoms with Gasteiger partial charge in [-0.1, -0.05) is 18.7 Å². The minimum absolute atomic E-state index is 0.133. The summed E-state index contributed by atoms with van der Waals surface area (Å²) in [5, 5.41) is 8.00. The molecule has 4 aromatic rings. The van der Waals surface area contributed by atoms with Crippen molar-refractivity contribution >= 4 is 28.4 Å². The van der Waals surface area contributed by atoms with E-state index in [0.29, 0.717) is 28.0 Å². The lowest BCUT2D eigenvalue weighted by atomic mass is 10.1. The molecule has 0 saturated carbocycles. The van der Waals surface area contributed by atoms with Gasteiger partial charge >= 0.3 is 0 Å². The summed E-state index contributed by atoms with van der Waals surface area (Å²) in [6, 6.07) is 11.7. The molecule has 0 aliphatic carbocycles. The van der Waals surface area contributed by atoms with E-state index in [-0.39, 0.29) is 23.5 Å². The predicted octanol–water partition coefficient (Wildman–Crippen LogP) is 3.96. The monoisotopic (exact) mass is 432 g/mol. The van der Waals surface area contributed by atoms with Crippen molar-refractivity contribution < 1.29 is 13.9 Å². The molecule has 9 heteroatoms. The largest absolute Gasteiger partial charge is 0.494 e. The van der Waals surface area contributed by atoms with Crippen LogP contribution in [0.4, 0.5) is 15.9 Å². The van der Waals surface area contributed by atoms with E-state index >= 15 is 0 Å². The summed E-state index contributed by atoms with van der Waals surface area (Å²) in [6.45, 7) is 5.41. The van der Waals surface area contributed by atoms with Gasteiger partial charge in [0.05, 0.1) is 18.5 Å². The summed E-state index contributed by atoms with van der Waals surface area (Å²) in [4.78, 5) is 20.1. The lowest BCUT2D eigenvalue weighted by molar-refractivity contribution is -0.111. The van der Waals surface area contributed by atoms with Crippen LogP contribution < -0.4 is 15.8 Å². The van der Waals surface area contributed by atoms with Gasteiger partial charge in [0.2, 0.25) is 5.91 Å². The Morgan fingerprint density at radius 3 is 2.81 bits per heavy atom. The van der Waals surface area contributed by atoms with Gasteiger partial charge in [-0.25, -0.2) is 19.0 Å². The second-order valence-electron chi connectivity index (χ2n) is 7.09. The third-order valence-electron chi connectivity index (χ3n) is 5.13. The zero-order valence-corrected chi connectivity index (χ0v) is 17.5. The molecule has 3 N–H and O–H groups in total. The average Bonchev–Trinajstić information content (AvgIpc) is 3.19. The van der Waals surface area contributed by atoms with Crippen molar-refractivity contribution in [3.8, 4) is 17.0 Å². The van der Waals surface area contributed by atoms with Crippen LogP contribution in [0.15, 0.2) is 61.4 Å². The molecule has 8 nitrogen and oxygen atoms in total. The van der Waals surface area contributed by atoms with E-state index in [1.807, 2.05) is 25.1 Å². The molecule has 0 fully saturated rings. The number of rotatable bonds is 6. The molecule has 1 atom stereocenters. The highest BCUT2D eigenvalue weighted by Gasteiger charge is 2.22. The average molecular weight is 432 g/mol. The predicted molar refractivity (Wildman–Crippen MR) is 121 cm³/mol. The van der Waals surface area contributed by atoms with Gasteiger partial charge in [0.25, 0.3) is 0 Å². The molecular formula is C23H21FN6O2. The van der Waals surface area contributed by atoms with Gasteiger partial charge in [-0.3, -0.25) is 4.79 Å². The zero-order valence-electron chi connectivity index (χ0n) is 17.5. The number of hydrogen-bond acceptors (Lipinski definition) is 6. The molecule has 2 aromatic carbocycles. The standard InChI is InChI=1S/C23H21FN6O2/c1-4-19(31)28-16-7-5-6-14(10-16)13(2)30-23-20(22(25)26-12-27-23)21(29-30)15-8-9-18(32-3)17(24)11-15/h4-13H,1H2,2-3H3,(H,28,31)(H2,25,26,27). The van der Waals surface area contributed by atoms with E-state index in [1.54, 1.807) is 16.8 Å². The second kappa shape index (κ2) is 8.46. The number of anilines is 2. The van der Waals surface area contributed by atoms with Crippen molar-refractivity contribution in [1.82, 2.24) is 19.7 Å². The Labute approximate surface area is 183 Å². The van der Waals surface area contributed by atoms with Crippen molar-refractivity contribution in [1.29, 1.82) is 0 Å². The molecule has 2 aromatic heterocycles. The molecule has 0 spiro atoms. The van der Waals surface area contributed by atoms with E-state index in [0.717, 1.165) is 5.56 Å². The van der Waals surface area contributed by atoms with Crippen LogP contribution in [0.2, 0.25) is 0 Å². The lowest BCUT2D eigenvalue weighted by Gasteiger charge is -2.15. The maximum absolute atomic E-state index is 14.4. The van der Waals surface area contributed by atoms with Gasteiger partial charge in [0, 0.05) is 11.3 Å². The number of halogens is 1. The molecule has 4 rings (SSSR count). The molecular weight excluding hydrogens is 411 g/mol.